The van der Waals surface area contributed by atoms with Crippen molar-refractivity contribution in [2.45, 2.75) is 52.7 Å². The van der Waals surface area contributed by atoms with E-state index in [9.17, 15) is 9.90 Å². The molecule has 6 nitrogen and oxygen atoms in total. The van der Waals surface area contributed by atoms with Crippen LogP contribution in [0.4, 0.5) is 0 Å². The molecule has 1 aliphatic rings. The zero-order valence-electron chi connectivity index (χ0n) is 14.1. The van der Waals surface area contributed by atoms with E-state index in [1.54, 1.807) is 4.90 Å². The molecule has 0 spiro atoms. The lowest BCUT2D eigenvalue weighted by molar-refractivity contribution is -0.158. The van der Waals surface area contributed by atoms with Gasteiger partial charge in [0.1, 0.15) is 0 Å². The van der Waals surface area contributed by atoms with Crippen molar-refractivity contribution in [3.8, 4) is 0 Å². The first-order chi connectivity index (χ1) is 10.2. The van der Waals surface area contributed by atoms with Crippen LogP contribution in [0.5, 0.6) is 0 Å². The summed E-state index contributed by atoms with van der Waals surface area (Å²) < 4.78 is 0. The van der Waals surface area contributed by atoms with Gasteiger partial charge < -0.3 is 15.3 Å². The standard InChI is InChI=1S/C16H28N4O2/c1-12-8-13(19-18-12)9-17-10-16(22)6-5-7-20(14(16)21)11-15(2,3)4/h8,17,22H,5-7,9-11H2,1-4H3,(H,18,19). The average molecular weight is 308 g/mol. The fourth-order valence-electron chi connectivity index (χ4n) is 2.91. The Hall–Kier alpha value is -1.40. The number of amides is 1. The molecule has 1 unspecified atom stereocenters. The van der Waals surface area contributed by atoms with Crippen LogP contribution in [0, 0.1) is 12.3 Å². The Bertz CT molecular complexity index is 520. The monoisotopic (exact) mass is 308 g/mol. The van der Waals surface area contributed by atoms with Crippen LogP contribution in [-0.2, 0) is 11.3 Å². The summed E-state index contributed by atoms with van der Waals surface area (Å²) in [5.41, 5.74) is 0.625. The van der Waals surface area contributed by atoms with E-state index in [1.165, 1.54) is 0 Å². The molecular formula is C16H28N4O2. The molecule has 1 amide bonds. The number of hydrogen-bond acceptors (Lipinski definition) is 4. The van der Waals surface area contributed by atoms with Gasteiger partial charge in [-0.3, -0.25) is 9.89 Å². The number of carbonyl (C=O) groups excluding carboxylic acids is 1. The Balaban J connectivity index is 1.91. The summed E-state index contributed by atoms with van der Waals surface area (Å²) >= 11 is 0. The zero-order valence-corrected chi connectivity index (χ0v) is 14.1. The van der Waals surface area contributed by atoms with Gasteiger partial charge in [-0.1, -0.05) is 20.8 Å². The molecule has 1 aliphatic heterocycles. The second-order valence-corrected chi connectivity index (χ2v) is 7.57. The van der Waals surface area contributed by atoms with Crippen LogP contribution in [0.25, 0.3) is 0 Å². The van der Waals surface area contributed by atoms with Crippen LogP contribution >= 0.6 is 0 Å². The first-order valence-corrected chi connectivity index (χ1v) is 7.93. The van der Waals surface area contributed by atoms with Crippen LogP contribution in [0.3, 0.4) is 0 Å². The summed E-state index contributed by atoms with van der Waals surface area (Å²) in [7, 11) is 0. The van der Waals surface area contributed by atoms with Gasteiger partial charge in [-0.15, -0.1) is 0 Å². The quantitative estimate of drug-likeness (QED) is 0.763. The first-order valence-electron chi connectivity index (χ1n) is 7.93. The van der Waals surface area contributed by atoms with E-state index in [1.807, 2.05) is 13.0 Å². The Kier molecular flexibility index (Phi) is 4.92. The molecule has 124 valence electrons. The predicted octanol–water partition coefficient (Wildman–Crippen LogP) is 1.21. The zero-order chi connectivity index (χ0) is 16.4. The number of rotatable bonds is 5. The van der Waals surface area contributed by atoms with Gasteiger partial charge in [0, 0.05) is 31.9 Å². The number of H-pyrrole nitrogens is 1. The highest BCUT2D eigenvalue weighted by molar-refractivity contribution is 5.86. The van der Waals surface area contributed by atoms with Gasteiger partial charge in [-0.25, -0.2) is 0 Å². The van der Waals surface area contributed by atoms with Crippen molar-refractivity contribution in [3.63, 3.8) is 0 Å². The summed E-state index contributed by atoms with van der Waals surface area (Å²) in [6.45, 7) is 10.5. The Morgan fingerprint density at radius 2 is 2.23 bits per heavy atom. The van der Waals surface area contributed by atoms with E-state index in [2.05, 4.69) is 36.3 Å². The molecule has 0 aliphatic carbocycles. The third kappa shape index (κ3) is 4.30. The van der Waals surface area contributed by atoms with Gasteiger partial charge in [0.05, 0.1) is 5.69 Å². The largest absolute Gasteiger partial charge is 0.379 e. The molecule has 2 heterocycles. The Labute approximate surface area is 132 Å². The van der Waals surface area contributed by atoms with Gasteiger partial charge in [0.15, 0.2) is 5.60 Å². The topological polar surface area (TPSA) is 81.2 Å². The molecule has 22 heavy (non-hydrogen) atoms. The molecule has 1 aromatic heterocycles. The molecule has 0 saturated carbocycles. The van der Waals surface area contributed by atoms with Crippen molar-refractivity contribution in [2.24, 2.45) is 5.41 Å². The van der Waals surface area contributed by atoms with Crippen LogP contribution in [0.15, 0.2) is 6.07 Å². The second kappa shape index (κ2) is 6.38. The van der Waals surface area contributed by atoms with E-state index in [0.29, 0.717) is 19.5 Å². The van der Waals surface area contributed by atoms with Gasteiger partial charge in [-0.2, -0.15) is 5.10 Å². The van der Waals surface area contributed by atoms with E-state index in [4.69, 9.17) is 0 Å². The molecule has 1 fully saturated rings. The normalized spacial score (nSPS) is 23.1. The van der Waals surface area contributed by atoms with Crippen LogP contribution in [0.1, 0.15) is 45.0 Å². The number of carbonyl (C=O) groups is 1. The first kappa shape index (κ1) is 17.0. The lowest BCUT2D eigenvalue weighted by Gasteiger charge is -2.40. The number of aliphatic hydroxyl groups is 1. The van der Waals surface area contributed by atoms with Gasteiger partial charge in [-0.05, 0) is 31.2 Å². The predicted molar refractivity (Wildman–Crippen MR) is 85.3 cm³/mol. The summed E-state index contributed by atoms with van der Waals surface area (Å²) in [5.74, 6) is -0.153. The maximum atomic E-state index is 12.6. The molecule has 6 heteroatoms. The number of hydrogen-bond donors (Lipinski definition) is 3. The van der Waals surface area contributed by atoms with Crippen molar-refractivity contribution in [1.29, 1.82) is 0 Å². The molecule has 1 aromatic rings. The van der Waals surface area contributed by atoms with Crippen molar-refractivity contribution in [3.05, 3.63) is 17.5 Å². The molecule has 1 atom stereocenters. The smallest absolute Gasteiger partial charge is 0.255 e. The van der Waals surface area contributed by atoms with Crippen molar-refractivity contribution < 1.29 is 9.90 Å². The molecular weight excluding hydrogens is 280 g/mol. The number of aromatic amines is 1. The number of nitrogens with zero attached hydrogens (tertiary/aromatic N) is 2. The number of aromatic nitrogens is 2. The average Bonchev–Trinajstić information content (AvgIpc) is 2.80. The second-order valence-electron chi connectivity index (χ2n) is 7.57. The summed E-state index contributed by atoms with van der Waals surface area (Å²) in [4.78, 5) is 14.4. The number of likely N-dealkylation sites (tertiary alicyclic amines) is 1. The highest BCUT2D eigenvalue weighted by atomic mass is 16.3. The van der Waals surface area contributed by atoms with E-state index < -0.39 is 5.60 Å². The third-order valence-corrected chi connectivity index (χ3v) is 3.85. The molecule has 1 saturated heterocycles. The van der Waals surface area contributed by atoms with Gasteiger partial charge >= 0.3 is 0 Å². The lowest BCUT2D eigenvalue weighted by atomic mass is 9.88. The highest BCUT2D eigenvalue weighted by Gasteiger charge is 2.42. The van der Waals surface area contributed by atoms with Crippen molar-refractivity contribution >= 4 is 5.91 Å². The highest BCUT2D eigenvalue weighted by Crippen LogP contribution is 2.25. The molecule has 0 radical (unpaired) electrons. The van der Waals surface area contributed by atoms with E-state index in [-0.39, 0.29) is 17.9 Å². The van der Waals surface area contributed by atoms with E-state index >= 15 is 0 Å². The fraction of sp³-hybridized carbons (Fsp3) is 0.750. The van der Waals surface area contributed by atoms with Gasteiger partial charge in [0.25, 0.3) is 5.91 Å². The molecule has 3 N–H and O–H groups in total. The minimum Gasteiger partial charge on any atom is -0.379 e. The maximum absolute atomic E-state index is 12.6. The van der Waals surface area contributed by atoms with E-state index in [0.717, 1.165) is 24.4 Å². The van der Waals surface area contributed by atoms with Crippen LogP contribution in [-0.4, -0.2) is 51.3 Å². The van der Waals surface area contributed by atoms with Gasteiger partial charge in [0.2, 0.25) is 0 Å². The molecule has 2 rings (SSSR count). The third-order valence-electron chi connectivity index (χ3n) is 3.85. The van der Waals surface area contributed by atoms with Crippen LogP contribution < -0.4 is 5.32 Å². The molecule has 0 aromatic carbocycles. The Morgan fingerprint density at radius 1 is 1.50 bits per heavy atom. The summed E-state index contributed by atoms with van der Waals surface area (Å²) in [6.07, 6.45) is 1.35. The fourth-order valence-corrected chi connectivity index (χ4v) is 2.91. The molecule has 0 bridgehead atoms. The van der Waals surface area contributed by atoms with Crippen molar-refractivity contribution in [2.75, 3.05) is 19.6 Å². The lowest BCUT2D eigenvalue weighted by Crippen LogP contribution is -2.59. The summed E-state index contributed by atoms with van der Waals surface area (Å²) in [5, 5.41) is 20.9. The summed E-state index contributed by atoms with van der Waals surface area (Å²) in [6, 6.07) is 1.95. The van der Waals surface area contributed by atoms with Crippen LogP contribution in [0.2, 0.25) is 0 Å². The maximum Gasteiger partial charge on any atom is 0.255 e. The number of piperidine rings is 1. The SMILES string of the molecule is Cc1cc(CNCC2(O)CCCN(CC(C)(C)C)C2=O)n[nH]1. The minimum absolute atomic E-state index is 0.0356. The van der Waals surface area contributed by atoms with Crippen molar-refractivity contribution in [1.82, 2.24) is 20.4 Å². The minimum atomic E-state index is -1.30. The Morgan fingerprint density at radius 3 is 2.82 bits per heavy atom. The number of aryl methyl sites for hydroxylation is 1. The number of nitrogens with one attached hydrogen (secondary N) is 2.